The van der Waals surface area contributed by atoms with Gasteiger partial charge in [0.25, 0.3) is 0 Å². The summed E-state index contributed by atoms with van der Waals surface area (Å²) in [6.45, 7) is 0. The molecule has 10 heteroatoms. The zero-order valence-corrected chi connectivity index (χ0v) is 13.3. The molecule has 0 atom stereocenters. The highest BCUT2D eigenvalue weighted by atomic mass is 16.2. The van der Waals surface area contributed by atoms with Gasteiger partial charge in [-0.1, -0.05) is 0 Å². The predicted molar refractivity (Wildman–Crippen MR) is 92.2 cm³/mol. The molecule has 0 heterocycles. The first-order valence-electron chi connectivity index (χ1n) is 7.28. The van der Waals surface area contributed by atoms with Crippen molar-refractivity contribution in [2.75, 3.05) is 10.0 Å². The number of amides is 4. The van der Waals surface area contributed by atoms with Crippen LogP contribution in [0.5, 0.6) is 0 Å². The second-order valence-corrected chi connectivity index (χ2v) is 5.53. The summed E-state index contributed by atoms with van der Waals surface area (Å²) in [5.41, 5.74) is 11.0. The quantitative estimate of drug-likeness (QED) is 0.285. The number of nitrogens with two attached hydrogens (primary N) is 4. The lowest BCUT2D eigenvalue weighted by Gasteiger charge is -2.22. The number of fused-ring (bicyclic) bond motifs is 2. The van der Waals surface area contributed by atoms with E-state index in [9.17, 15) is 19.2 Å². The standard InChI is InChI=1S/C16H14N6O4/c17-15(25)21(19)7-1-3-9-11(5-7)14(24)10-4-2-8(22(20)16(18)26)6-12(10)13(9)23/h1-6H,19-20H2,(H2,17,25)(H2,18,26). The number of nitrogens with zero attached hydrogens (tertiary/aromatic N) is 2. The van der Waals surface area contributed by atoms with Crippen molar-refractivity contribution in [1.29, 1.82) is 0 Å². The molecule has 8 N–H and O–H groups in total. The van der Waals surface area contributed by atoms with E-state index in [0.29, 0.717) is 10.0 Å². The van der Waals surface area contributed by atoms with Gasteiger partial charge in [-0.25, -0.2) is 31.3 Å². The van der Waals surface area contributed by atoms with Gasteiger partial charge in [0.15, 0.2) is 11.6 Å². The van der Waals surface area contributed by atoms with E-state index in [4.69, 9.17) is 23.2 Å². The fourth-order valence-electron chi connectivity index (χ4n) is 2.68. The molecule has 2 aromatic carbocycles. The molecular formula is C16H14N6O4. The number of urea groups is 2. The maximum absolute atomic E-state index is 12.7. The van der Waals surface area contributed by atoms with Crippen molar-refractivity contribution in [3.05, 3.63) is 58.7 Å². The molecule has 3 rings (SSSR count). The number of primary amides is 2. The van der Waals surface area contributed by atoms with E-state index >= 15 is 0 Å². The highest BCUT2D eigenvalue weighted by molar-refractivity contribution is 6.29. The molecule has 1 aliphatic carbocycles. The minimum atomic E-state index is -0.918. The Labute approximate surface area is 146 Å². The van der Waals surface area contributed by atoms with Crippen molar-refractivity contribution in [1.82, 2.24) is 0 Å². The molecule has 2 aromatic rings. The SMILES string of the molecule is NC(=O)N(N)c1ccc2c(c1)C(=O)c1ccc(N(N)C(N)=O)cc1C2=O. The molecule has 1 aliphatic rings. The van der Waals surface area contributed by atoms with Gasteiger partial charge in [0.1, 0.15) is 0 Å². The molecule has 0 spiro atoms. The fourth-order valence-corrected chi connectivity index (χ4v) is 2.68. The van der Waals surface area contributed by atoms with Gasteiger partial charge in [0, 0.05) is 22.3 Å². The van der Waals surface area contributed by atoms with E-state index in [0.717, 1.165) is 0 Å². The van der Waals surface area contributed by atoms with Crippen LogP contribution in [0.25, 0.3) is 0 Å². The third kappa shape index (κ3) is 2.55. The first-order chi connectivity index (χ1) is 12.2. The first-order valence-corrected chi connectivity index (χ1v) is 7.28. The third-order valence-electron chi connectivity index (χ3n) is 4.02. The van der Waals surface area contributed by atoms with Gasteiger partial charge in [0.2, 0.25) is 0 Å². The van der Waals surface area contributed by atoms with Crippen LogP contribution in [0.2, 0.25) is 0 Å². The number of carbonyl (C=O) groups excluding carboxylic acids is 4. The zero-order chi connectivity index (χ0) is 19.2. The molecule has 0 bridgehead atoms. The summed E-state index contributed by atoms with van der Waals surface area (Å²) in [7, 11) is 0. The van der Waals surface area contributed by atoms with Gasteiger partial charge in [-0.15, -0.1) is 0 Å². The highest BCUT2D eigenvalue weighted by Gasteiger charge is 2.31. The zero-order valence-electron chi connectivity index (χ0n) is 13.3. The van der Waals surface area contributed by atoms with Crippen LogP contribution < -0.4 is 33.2 Å². The molecule has 0 saturated heterocycles. The molecule has 0 unspecified atom stereocenters. The van der Waals surface area contributed by atoms with E-state index in [2.05, 4.69) is 0 Å². The van der Waals surface area contributed by atoms with E-state index in [1.165, 1.54) is 36.4 Å². The van der Waals surface area contributed by atoms with Crippen LogP contribution in [-0.4, -0.2) is 23.6 Å². The third-order valence-corrected chi connectivity index (χ3v) is 4.02. The fraction of sp³-hybridized carbons (Fsp3) is 0. The van der Waals surface area contributed by atoms with Gasteiger partial charge in [-0.2, -0.15) is 0 Å². The molecule has 4 amide bonds. The second kappa shape index (κ2) is 5.95. The number of hydrogen-bond acceptors (Lipinski definition) is 6. The second-order valence-electron chi connectivity index (χ2n) is 5.53. The number of ketones is 2. The van der Waals surface area contributed by atoms with Crippen LogP contribution in [0.1, 0.15) is 31.8 Å². The summed E-state index contributed by atoms with van der Waals surface area (Å²) >= 11 is 0. The largest absolute Gasteiger partial charge is 0.350 e. The lowest BCUT2D eigenvalue weighted by molar-refractivity contribution is 0.0979. The molecule has 0 aliphatic heterocycles. The van der Waals surface area contributed by atoms with Crippen molar-refractivity contribution in [3.63, 3.8) is 0 Å². The molecular weight excluding hydrogens is 340 g/mol. The minimum absolute atomic E-state index is 0.0870. The Hall–Kier alpha value is -3.76. The van der Waals surface area contributed by atoms with Crippen LogP contribution in [0.3, 0.4) is 0 Å². The number of rotatable bonds is 2. The number of benzene rings is 2. The van der Waals surface area contributed by atoms with E-state index < -0.39 is 23.6 Å². The van der Waals surface area contributed by atoms with Gasteiger partial charge in [0.05, 0.1) is 11.4 Å². The van der Waals surface area contributed by atoms with Crippen LogP contribution in [0, 0.1) is 0 Å². The van der Waals surface area contributed by atoms with Crippen LogP contribution >= 0.6 is 0 Å². The van der Waals surface area contributed by atoms with Crippen molar-refractivity contribution >= 4 is 35.0 Å². The normalized spacial score (nSPS) is 12.2. The summed E-state index contributed by atoms with van der Waals surface area (Å²) in [6, 6.07) is 6.32. The first kappa shape index (κ1) is 17.1. The Balaban J connectivity index is 2.11. The number of carbonyl (C=O) groups is 4. The summed E-state index contributed by atoms with van der Waals surface area (Å²) < 4.78 is 0. The van der Waals surface area contributed by atoms with E-state index in [-0.39, 0.29) is 33.6 Å². The molecule has 132 valence electrons. The van der Waals surface area contributed by atoms with Gasteiger partial charge in [-0.05, 0) is 36.4 Å². The number of hydrazine groups is 2. The Morgan fingerprint density at radius 1 is 0.654 bits per heavy atom. The smallest absolute Gasteiger partial charge is 0.333 e. The molecule has 0 fully saturated rings. The molecule has 0 radical (unpaired) electrons. The van der Waals surface area contributed by atoms with E-state index in [1.54, 1.807) is 0 Å². The molecule has 10 nitrogen and oxygen atoms in total. The Kier molecular flexibility index (Phi) is 3.91. The maximum atomic E-state index is 12.7. The van der Waals surface area contributed by atoms with Crippen molar-refractivity contribution in [2.24, 2.45) is 23.2 Å². The lowest BCUT2D eigenvalue weighted by atomic mass is 9.83. The number of hydrogen-bond donors (Lipinski definition) is 4. The Morgan fingerprint density at radius 3 is 1.31 bits per heavy atom. The average molecular weight is 354 g/mol. The van der Waals surface area contributed by atoms with Gasteiger partial charge >= 0.3 is 12.1 Å². The summed E-state index contributed by atoms with van der Waals surface area (Å²) in [6.07, 6.45) is 0. The van der Waals surface area contributed by atoms with Crippen LogP contribution in [0.15, 0.2) is 36.4 Å². The molecule has 26 heavy (non-hydrogen) atoms. The number of anilines is 2. The molecule has 0 saturated carbocycles. The molecule has 0 aromatic heterocycles. The monoisotopic (exact) mass is 354 g/mol. The van der Waals surface area contributed by atoms with Crippen LogP contribution in [0.4, 0.5) is 21.0 Å². The minimum Gasteiger partial charge on any atom is -0.350 e. The van der Waals surface area contributed by atoms with Crippen LogP contribution in [-0.2, 0) is 0 Å². The predicted octanol–water partition coefficient (Wildman–Crippen LogP) is -0.0204. The Bertz CT molecular complexity index is 907. The van der Waals surface area contributed by atoms with Crippen molar-refractivity contribution in [3.8, 4) is 0 Å². The average Bonchev–Trinajstić information content (AvgIpc) is 2.63. The van der Waals surface area contributed by atoms with Gasteiger partial charge in [-0.3, -0.25) is 9.59 Å². The summed E-state index contributed by atoms with van der Waals surface area (Å²) in [5.74, 6) is 10.2. The van der Waals surface area contributed by atoms with E-state index in [1.807, 2.05) is 0 Å². The van der Waals surface area contributed by atoms with Crippen molar-refractivity contribution < 1.29 is 19.2 Å². The maximum Gasteiger partial charge on any atom is 0.333 e. The Morgan fingerprint density at radius 2 is 1.00 bits per heavy atom. The topological polar surface area (TPSA) is 179 Å². The lowest BCUT2D eigenvalue weighted by Crippen LogP contribution is -2.42. The summed E-state index contributed by atoms with van der Waals surface area (Å²) in [5, 5.41) is 1.33. The van der Waals surface area contributed by atoms with Crippen molar-refractivity contribution in [2.45, 2.75) is 0 Å². The highest BCUT2D eigenvalue weighted by Crippen LogP contribution is 2.31. The summed E-state index contributed by atoms with van der Waals surface area (Å²) in [4.78, 5) is 47.9. The van der Waals surface area contributed by atoms with Gasteiger partial charge < -0.3 is 11.5 Å².